The Morgan fingerprint density at radius 3 is 2.29 bits per heavy atom. The van der Waals surface area contributed by atoms with Crippen LogP contribution in [0.2, 0.25) is 0 Å². The van der Waals surface area contributed by atoms with Gasteiger partial charge in [0.2, 0.25) is 5.78 Å². The molecule has 0 radical (unpaired) electrons. The van der Waals surface area contributed by atoms with Crippen LogP contribution in [0, 0.1) is 5.41 Å². The highest BCUT2D eigenvalue weighted by Crippen LogP contribution is 2.26. The Morgan fingerprint density at radius 2 is 1.67 bits per heavy atom. The molecule has 0 saturated heterocycles. The Labute approximate surface area is 118 Å². The van der Waals surface area contributed by atoms with E-state index < -0.39 is 43.4 Å². The molecule has 6 heteroatoms. The molecule has 1 aromatic heterocycles. The van der Waals surface area contributed by atoms with Crippen molar-refractivity contribution in [2.24, 2.45) is 5.41 Å². The predicted molar refractivity (Wildman–Crippen MR) is 70.5 cm³/mol. The van der Waals surface area contributed by atoms with Gasteiger partial charge in [-0.05, 0) is 0 Å². The Morgan fingerprint density at radius 1 is 1.05 bits per heavy atom. The second-order valence-corrected chi connectivity index (χ2v) is 4.86. The molecule has 0 aliphatic carbocycles. The molecule has 3 nitrogen and oxygen atoms in total. The third kappa shape index (κ3) is 2.70. The summed E-state index contributed by atoms with van der Waals surface area (Å²) >= 11 is 0. The number of ketones is 2. The molecule has 2 aromatic rings. The average Bonchev–Trinajstić information content (AvgIpc) is 2.93. The number of fused-ring (bicyclic) bond motifs is 1. The molecule has 0 spiro atoms. The molecule has 21 heavy (non-hydrogen) atoms. The van der Waals surface area contributed by atoms with E-state index in [0.717, 1.165) is 0 Å². The molecule has 0 saturated carbocycles. The van der Waals surface area contributed by atoms with Gasteiger partial charge in [0.05, 0.1) is 12.7 Å². The first kappa shape index (κ1) is 15.3. The number of carbonyl (C=O) groups excluding carboxylic acids is 2. The number of Topliss-reactive ketones (excluding diaryl/α,β-unsaturated/α-hetero) is 2. The minimum absolute atomic E-state index is 0.0653. The highest BCUT2D eigenvalue weighted by Gasteiger charge is 2.40. The molecule has 112 valence electrons. The lowest BCUT2D eigenvalue weighted by molar-refractivity contribution is -0.131. The molecular formula is C15H13F3O3. The number of rotatable bonds is 7. The van der Waals surface area contributed by atoms with Gasteiger partial charge in [-0.2, -0.15) is 0 Å². The first-order valence-corrected chi connectivity index (χ1v) is 6.28. The van der Waals surface area contributed by atoms with Gasteiger partial charge >= 0.3 is 0 Å². The van der Waals surface area contributed by atoms with E-state index in [1.165, 1.54) is 6.26 Å². The Bertz CT molecular complexity index is 651. The fourth-order valence-electron chi connectivity index (χ4n) is 1.95. The van der Waals surface area contributed by atoms with Crippen LogP contribution in [0.5, 0.6) is 0 Å². The molecule has 0 amide bonds. The van der Waals surface area contributed by atoms with Crippen LogP contribution in [0.4, 0.5) is 13.2 Å². The fraction of sp³-hybridized carbons (Fsp3) is 0.333. The van der Waals surface area contributed by atoms with Gasteiger partial charge in [-0.25, -0.2) is 13.2 Å². The molecule has 2 rings (SSSR count). The van der Waals surface area contributed by atoms with E-state index in [9.17, 15) is 22.8 Å². The van der Waals surface area contributed by atoms with Crippen LogP contribution < -0.4 is 0 Å². The van der Waals surface area contributed by atoms with Crippen LogP contribution in [0.15, 0.2) is 34.9 Å². The molecule has 0 aliphatic heterocycles. The second-order valence-electron chi connectivity index (χ2n) is 4.86. The Hall–Kier alpha value is -2.11. The zero-order valence-corrected chi connectivity index (χ0v) is 11.1. The maximum atomic E-state index is 12.8. The quantitative estimate of drug-likeness (QED) is 0.581. The monoisotopic (exact) mass is 298 g/mol. The van der Waals surface area contributed by atoms with Gasteiger partial charge < -0.3 is 4.42 Å². The smallest absolute Gasteiger partial charge is 0.206 e. The third-order valence-corrected chi connectivity index (χ3v) is 3.44. The topological polar surface area (TPSA) is 47.3 Å². The molecule has 0 unspecified atom stereocenters. The standard InChI is InChI=1S/C15H13F3O3/c16-7-15(8-17,9-18)13(20)5-12(19)14-11-4-2-1-3-10(11)6-21-14/h1-4,6H,5,7-9H2. The summed E-state index contributed by atoms with van der Waals surface area (Å²) in [4.78, 5) is 23.9. The first-order valence-electron chi connectivity index (χ1n) is 6.28. The van der Waals surface area contributed by atoms with Crippen molar-refractivity contribution in [1.82, 2.24) is 0 Å². The minimum Gasteiger partial charge on any atom is -0.460 e. The van der Waals surface area contributed by atoms with Crippen molar-refractivity contribution in [3.05, 3.63) is 36.3 Å². The Kier molecular flexibility index (Phi) is 4.45. The van der Waals surface area contributed by atoms with Gasteiger partial charge in [0.15, 0.2) is 11.5 Å². The summed E-state index contributed by atoms with van der Waals surface area (Å²) in [6.07, 6.45) is 0.551. The van der Waals surface area contributed by atoms with E-state index in [4.69, 9.17) is 4.42 Å². The van der Waals surface area contributed by atoms with Crippen LogP contribution >= 0.6 is 0 Å². The van der Waals surface area contributed by atoms with Crippen molar-refractivity contribution < 1.29 is 27.2 Å². The van der Waals surface area contributed by atoms with Gasteiger partial charge in [0, 0.05) is 10.8 Å². The van der Waals surface area contributed by atoms with Crippen LogP contribution in [0.25, 0.3) is 10.8 Å². The summed E-state index contributed by atoms with van der Waals surface area (Å²) in [5.74, 6) is -1.88. The summed E-state index contributed by atoms with van der Waals surface area (Å²) in [5, 5.41) is 1.17. The zero-order chi connectivity index (χ0) is 15.5. The number of hydrogen-bond acceptors (Lipinski definition) is 3. The zero-order valence-electron chi connectivity index (χ0n) is 11.1. The lowest BCUT2D eigenvalue weighted by atomic mass is 9.85. The fourth-order valence-corrected chi connectivity index (χ4v) is 1.95. The molecule has 0 atom stereocenters. The van der Waals surface area contributed by atoms with Crippen molar-refractivity contribution in [2.45, 2.75) is 6.42 Å². The van der Waals surface area contributed by atoms with Gasteiger partial charge in [0.1, 0.15) is 25.4 Å². The number of alkyl halides is 3. The van der Waals surface area contributed by atoms with E-state index in [1.54, 1.807) is 24.3 Å². The molecule has 0 N–H and O–H groups in total. The SMILES string of the molecule is O=C(CC(=O)C(CF)(CF)CF)c1occ2ccccc12. The third-order valence-electron chi connectivity index (χ3n) is 3.44. The maximum Gasteiger partial charge on any atom is 0.206 e. The largest absolute Gasteiger partial charge is 0.460 e. The molecule has 0 aliphatic rings. The molecular weight excluding hydrogens is 285 g/mol. The average molecular weight is 298 g/mol. The lowest BCUT2D eigenvalue weighted by Gasteiger charge is -2.21. The van der Waals surface area contributed by atoms with Gasteiger partial charge in [-0.15, -0.1) is 0 Å². The van der Waals surface area contributed by atoms with Gasteiger partial charge in [-0.3, -0.25) is 9.59 Å². The number of carbonyl (C=O) groups is 2. The highest BCUT2D eigenvalue weighted by atomic mass is 19.1. The van der Waals surface area contributed by atoms with E-state index >= 15 is 0 Å². The van der Waals surface area contributed by atoms with Crippen LogP contribution in [-0.4, -0.2) is 31.6 Å². The van der Waals surface area contributed by atoms with Crippen molar-refractivity contribution in [1.29, 1.82) is 0 Å². The van der Waals surface area contributed by atoms with Crippen molar-refractivity contribution >= 4 is 22.3 Å². The van der Waals surface area contributed by atoms with Crippen LogP contribution in [-0.2, 0) is 4.79 Å². The van der Waals surface area contributed by atoms with E-state index in [0.29, 0.717) is 10.8 Å². The molecule has 0 bridgehead atoms. The highest BCUT2D eigenvalue weighted by molar-refractivity contribution is 6.13. The second kappa shape index (κ2) is 6.11. The van der Waals surface area contributed by atoms with Crippen LogP contribution in [0.3, 0.4) is 0 Å². The summed E-state index contributed by atoms with van der Waals surface area (Å²) in [6, 6.07) is 6.78. The lowest BCUT2D eigenvalue weighted by Crippen LogP contribution is -2.39. The number of furan rings is 1. The van der Waals surface area contributed by atoms with E-state index in [-0.39, 0.29) is 5.76 Å². The van der Waals surface area contributed by atoms with Crippen molar-refractivity contribution in [3.8, 4) is 0 Å². The number of hydrogen-bond donors (Lipinski definition) is 0. The molecule has 1 aromatic carbocycles. The first-order chi connectivity index (χ1) is 10.1. The van der Waals surface area contributed by atoms with Crippen LogP contribution in [0.1, 0.15) is 17.0 Å². The predicted octanol–water partition coefficient (Wildman–Crippen LogP) is 3.47. The molecule has 0 fully saturated rings. The van der Waals surface area contributed by atoms with Gasteiger partial charge in [0.25, 0.3) is 0 Å². The summed E-state index contributed by atoms with van der Waals surface area (Å²) in [6.45, 7) is -4.44. The van der Waals surface area contributed by atoms with Crippen molar-refractivity contribution in [2.75, 3.05) is 20.0 Å². The maximum absolute atomic E-state index is 12.8. The summed E-state index contributed by atoms with van der Waals surface area (Å²) < 4.78 is 43.4. The Balaban J connectivity index is 2.24. The van der Waals surface area contributed by atoms with E-state index in [2.05, 4.69) is 0 Å². The minimum atomic E-state index is -2.38. The van der Waals surface area contributed by atoms with Gasteiger partial charge in [-0.1, -0.05) is 24.3 Å². The summed E-state index contributed by atoms with van der Waals surface area (Å²) in [5.41, 5.74) is -2.38. The normalized spacial score (nSPS) is 11.8. The number of halogens is 3. The number of benzene rings is 1. The summed E-state index contributed by atoms with van der Waals surface area (Å²) in [7, 11) is 0. The van der Waals surface area contributed by atoms with Crippen molar-refractivity contribution in [3.63, 3.8) is 0 Å². The molecule has 1 heterocycles. The van der Waals surface area contributed by atoms with E-state index in [1.807, 2.05) is 0 Å².